The summed E-state index contributed by atoms with van der Waals surface area (Å²) >= 11 is 1.64. The largest absolute Gasteiger partial charge is 0.497 e. The topological polar surface area (TPSA) is 55.8 Å². The maximum atomic E-state index is 13.6. The van der Waals surface area contributed by atoms with Gasteiger partial charge in [0.1, 0.15) is 16.4 Å². The van der Waals surface area contributed by atoms with E-state index in [9.17, 15) is 8.42 Å². The molecule has 7 heteroatoms. The van der Waals surface area contributed by atoms with Crippen LogP contribution in [0.3, 0.4) is 0 Å². The number of aryl methyl sites for hydroxylation is 1. The molecule has 0 saturated carbocycles. The molecule has 2 heterocycles. The van der Waals surface area contributed by atoms with Gasteiger partial charge in [0.25, 0.3) is 0 Å². The Morgan fingerprint density at radius 3 is 2.58 bits per heavy atom. The van der Waals surface area contributed by atoms with E-state index in [4.69, 9.17) is 9.47 Å². The summed E-state index contributed by atoms with van der Waals surface area (Å²) in [5.41, 5.74) is 1.15. The highest BCUT2D eigenvalue weighted by Gasteiger charge is 2.36. The second-order valence-electron chi connectivity index (χ2n) is 6.47. The average Bonchev–Trinajstić information content (AvgIpc) is 2.92. The molecule has 1 aromatic heterocycles. The molecular weight excluding hydrogens is 370 g/mol. The number of thiophene rings is 1. The summed E-state index contributed by atoms with van der Waals surface area (Å²) in [5, 5.41) is 2.03. The zero-order valence-electron chi connectivity index (χ0n) is 15.4. The molecular formula is C19H25NO4S2. The minimum atomic E-state index is -3.72. The Kier molecular flexibility index (Phi) is 5.89. The van der Waals surface area contributed by atoms with Gasteiger partial charge in [0.2, 0.25) is 10.0 Å². The number of methoxy groups -OCH3 is 2. The van der Waals surface area contributed by atoms with Crippen molar-refractivity contribution in [2.24, 2.45) is 0 Å². The van der Waals surface area contributed by atoms with Gasteiger partial charge < -0.3 is 9.47 Å². The van der Waals surface area contributed by atoms with Crippen LogP contribution in [0.2, 0.25) is 0 Å². The number of hydrogen-bond acceptors (Lipinski definition) is 5. The third-order valence-corrected chi connectivity index (χ3v) is 7.91. The van der Waals surface area contributed by atoms with Gasteiger partial charge in [-0.25, -0.2) is 8.42 Å². The third-order valence-electron chi connectivity index (χ3n) is 4.87. The molecule has 0 aliphatic carbocycles. The van der Waals surface area contributed by atoms with Crippen molar-refractivity contribution in [3.63, 3.8) is 0 Å². The normalized spacial score (nSPS) is 19.1. The summed E-state index contributed by atoms with van der Waals surface area (Å²) in [6.07, 6.45) is 3.78. The lowest BCUT2D eigenvalue weighted by molar-refractivity contribution is 0.328. The number of benzene rings is 1. The van der Waals surface area contributed by atoms with Crippen LogP contribution >= 0.6 is 11.3 Å². The van der Waals surface area contributed by atoms with Crippen molar-refractivity contribution in [2.45, 2.75) is 43.5 Å². The summed E-state index contributed by atoms with van der Waals surface area (Å²) in [5.74, 6) is 0.847. The minimum Gasteiger partial charge on any atom is -0.497 e. The van der Waals surface area contributed by atoms with E-state index >= 15 is 0 Å². The summed E-state index contributed by atoms with van der Waals surface area (Å²) in [4.78, 5) is 1.30. The van der Waals surface area contributed by atoms with Crippen LogP contribution in [0.4, 0.5) is 0 Å². The third kappa shape index (κ3) is 3.61. The van der Waals surface area contributed by atoms with Crippen LogP contribution in [0.1, 0.15) is 42.2 Å². The number of hydrogen-bond donors (Lipinski definition) is 0. The summed E-state index contributed by atoms with van der Waals surface area (Å²) in [6, 6.07) is 6.84. The monoisotopic (exact) mass is 395 g/mol. The second-order valence-corrected chi connectivity index (χ2v) is 9.27. The smallest absolute Gasteiger partial charge is 0.247 e. The van der Waals surface area contributed by atoms with Crippen molar-refractivity contribution < 1.29 is 17.9 Å². The Balaban J connectivity index is 2.10. The molecule has 1 atom stereocenters. The molecule has 2 aromatic rings. The molecule has 26 heavy (non-hydrogen) atoms. The predicted molar refractivity (Wildman–Crippen MR) is 104 cm³/mol. The van der Waals surface area contributed by atoms with Gasteiger partial charge in [-0.1, -0.05) is 12.8 Å². The maximum Gasteiger partial charge on any atom is 0.247 e. The zero-order chi connectivity index (χ0) is 18.7. The first kappa shape index (κ1) is 19.2. The summed E-state index contributed by atoms with van der Waals surface area (Å²) in [6.45, 7) is 2.57. The maximum absolute atomic E-state index is 13.6. The van der Waals surface area contributed by atoms with Gasteiger partial charge in [-0.3, -0.25) is 0 Å². The molecule has 1 aromatic carbocycles. The van der Waals surface area contributed by atoms with E-state index in [1.807, 2.05) is 12.3 Å². The van der Waals surface area contributed by atoms with E-state index in [0.29, 0.717) is 18.0 Å². The molecule has 1 unspecified atom stereocenters. The van der Waals surface area contributed by atoms with Gasteiger partial charge in [-0.2, -0.15) is 4.31 Å². The van der Waals surface area contributed by atoms with Crippen molar-refractivity contribution in [3.8, 4) is 11.5 Å². The van der Waals surface area contributed by atoms with Crippen LogP contribution in [-0.4, -0.2) is 33.5 Å². The lowest BCUT2D eigenvalue weighted by Crippen LogP contribution is -2.35. The van der Waals surface area contributed by atoms with Crippen LogP contribution in [0.5, 0.6) is 11.5 Å². The Morgan fingerprint density at radius 1 is 1.12 bits per heavy atom. The first-order valence-electron chi connectivity index (χ1n) is 8.77. The quantitative estimate of drug-likeness (QED) is 0.754. The van der Waals surface area contributed by atoms with Crippen molar-refractivity contribution >= 4 is 21.4 Å². The fourth-order valence-electron chi connectivity index (χ4n) is 3.47. The fraction of sp³-hybridized carbons (Fsp3) is 0.474. The van der Waals surface area contributed by atoms with Crippen molar-refractivity contribution in [1.82, 2.24) is 4.31 Å². The average molecular weight is 396 g/mol. The van der Waals surface area contributed by atoms with Gasteiger partial charge in [0.15, 0.2) is 0 Å². The Morgan fingerprint density at radius 2 is 1.92 bits per heavy atom. The highest BCUT2D eigenvalue weighted by Crippen LogP contribution is 2.40. The van der Waals surface area contributed by atoms with E-state index in [0.717, 1.165) is 36.1 Å². The molecule has 0 amide bonds. The molecule has 1 saturated heterocycles. The molecule has 0 radical (unpaired) electrons. The van der Waals surface area contributed by atoms with Crippen LogP contribution in [0.15, 0.2) is 34.5 Å². The van der Waals surface area contributed by atoms with Crippen molar-refractivity contribution in [2.75, 3.05) is 20.8 Å². The molecule has 0 spiro atoms. The number of sulfonamides is 1. The Bertz CT molecular complexity index is 860. The first-order chi connectivity index (χ1) is 12.5. The summed E-state index contributed by atoms with van der Waals surface area (Å²) < 4.78 is 39.4. The minimum absolute atomic E-state index is 0.126. The molecule has 5 nitrogen and oxygen atoms in total. The van der Waals surface area contributed by atoms with Gasteiger partial charge in [-0.15, -0.1) is 11.3 Å². The van der Waals surface area contributed by atoms with Gasteiger partial charge in [-0.05, 0) is 48.9 Å². The standard InChI is InChI=1S/C19H25NO4S2/c1-14-10-12-25-19(14)16-7-5-4-6-11-20(16)26(21,22)18-13-15(23-2)8-9-17(18)24-3/h8-10,12-13,16H,4-7,11H2,1-3H3. The second kappa shape index (κ2) is 7.98. The van der Waals surface area contributed by atoms with Crippen LogP contribution in [0, 0.1) is 6.92 Å². The SMILES string of the molecule is COc1ccc(OC)c(S(=O)(=O)N2CCCCCC2c2sccc2C)c1. The van der Waals surface area contributed by atoms with Crippen LogP contribution in [0.25, 0.3) is 0 Å². The molecule has 142 valence electrons. The number of nitrogens with zero attached hydrogens (tertiary/aromatic N) is 1. The van der Waals surface area contributed by atoms with E-state index in [-0.39, 0.29) is 10.9 Å². The zero-order valence-corrected chi connectivity index (χ0v) is 17.0. The van der Waals surface area contributed by atoms with Crippen molar-refractivity contribution in [1.29, 1.82) is 0 Å². The molecule has 1 fully saturated rings. The van der Waals surface area contributed by atoms with Crippen molar-refractivity contribution in [3.05, 3.63) is 40.1 Å². The molecule has 1 aliphatic heterocycles. The Hall–Kier alpha value is -1.57. The number of rotatable bonds is 5. The molecule has 0 N–H and O–H groups in total. The summed E-state index contributed by atoms with van der Waals surface area (Å²) in [7, 11) is -0.698. The van der Waals surface area contributed by atoms with E-state index in [2.05, 4.69) is 6.07 Å². The number of ether oxygens (including phenoxy) is 2. The highest BCUT2D eigenvalue weighted by atomic mass is 32.2. The lowest BCUT2D eigenvalue weighted by atomic mass is 10.1. The van der Waals surface area contributed by atoms with Crippen LogP contribution < -0.4 is 9.47 Å². The van der Waals surface area contributed by atoms with E-state index in [1.165, 1.54) is 14.2 Å². The molecule has 1 aliphatic rings. The van der Waals surface area contributed by atoms with Gasteiger partial charge >= 0.3 is 0 Å². The van der Waals surface area contributed by atoms with E-state index < -0.39 is 10.0 Å². The lowest BCUT2D eigenvalue weighted by Gasteiger charge is -2.29. The Labute approximate surface area is 159 Å². The first-order valence-corrected chi connectivity index (χ1v) is 11.1. The van der Waals surface area contributed by atoms with Crippen LogP contribution in [-0.2, 0) is 10.0 Å². The fourth-order valence-corrected chi connectivity index (χ4v) is 6.45. The van der Waals surface area contributed by atoms with Gasteiger partial charge in [0.05, 0.1) is 20.3 Å². The molecule has 3 rings (SSSR count). The van der Waals surface area contributed by atoms with E-state index in [1.54, 1.807) is 33.8 Å². The highest BCUT2D eigenvalue weighted by molar-refractivity contribution is 7.89. The predicted octanol–water partition coefficient (Wildman–Crippen LogP) is 4.38. The molecule has 0 bridgehead atoms. The van der Waals surface area contributed by atoms with Gasteiger partial charge in [0, 0.05) is 17.5 Å².